The van der Waals surface area contributed by atoms with Crippen molar-refractivity contribution in [2.45, 2.75) is 0 Å². The van der Waals surface area contributed by atoms with Crippen LogP contribution in [-0.2, 0) is 0 Å². The maximum atomic E-state index is 4.13. The van der Waals surface area contributed by atoms with E-state index in [1.165, 1.54) is 4.70 Å². The maximum absolute atomic E-state index is 4.13. The Morgan fingerprint density at radius 1 is 1.75 bits per heavy atom. The van der Waals surface area contributed by atoms with E-state index < -0.39 is 0 Å². The monoisotopic (exact) mass is 95.0 g/mol. The third-order valence-electron chi connectivity index (χ3n) is 0. The van der Waals surface area contributed by atoms with Gasteiger partial charge in [0.15, 0.2) is 0 Å². The van der Waals surface area contributed by atoms with Gasteiger partial charge in [-0.1, -0.05) is 12.2 Å². The molecule has 1 nitrogen and oxygen atoms in total. The van der Waals surface area contributed by atoms with Crippen molar-refractivity contribution in [3.63, 3.8) is 0 Å². The smallest absolute Gasteiger partial charge is 0.0310 e. The van der Waals surface area contributed by atoms with E-state index in [1.807, 2.05) is 0 Å². The van der Waals surface area contributed by atoms with E-state index in [4.69, 9.17) is 0 Å². The molecule has 0 heterocycles. The molecule has 0 aliphatic carbocycles. The van der Waals surface area contributed by atoms with E-state index in [9.17, 15) is 0 Å². The molecule has 0 saturated carbocycles. The normalized spacial score (nSPS) is 3.25. The molecule has 0 atom stereocenters. The number of hydrogen-bond acceptors (Lipinski definition) is 2. The summed E-state index contributed by atoms with van der Waals surface area (Å²) >= 11 is 7.61. The van der Waals surface area contributed by atoms with E-state index in [2.05, 4.69) is 24.8 Å². The largest absolute Gasteiger partial charge is 0.344 e. The van der Waals surface area contributed by atoms with Crippen molar-refractivity contribution >= 4 is 29.5 Å². The number of hydrogen-bond donors (Lipinski definition) is 2. The van der Waals surface area contributed by atoms with Crippen molar-refractivity contribution in [3.05, 3.63) is 0 Å². The average molecular weight is 95.2 g/mol. The highest BCUT2D eigenvalue weighted by Crippen LogP contribution is 1.50. The van der Waals surface area contributed by atoms with Crippen molar-refractivity contribution in [2.75, 3.05) is 0 Å². The molecule has 3 heteroatoms. The van der Waals surface area contributed by atoms with Crippen LogP contribution in [0.15, 0.2) is 0 Å². The second kappa shape index (κ2) is 9.99. The lowest BCUT2D eigenvalue weighted by Gasteiger charge is -1.27. The molecule has 0 aromatic rings. The van der Waals surface area contributed by atoms with Crippen LogP contribution in [0.2, 0.25) is 0 Å². The Bertz CT molecular complexity index is 13.5. The third-order valence-corrected chi connectivity index (χ3v) is 0. The summed E-state index contributed by atoms with van der Waals surface area (Å²) in [6.45, 7) is 0. The molecule has 0 amide bonds. The van der Waals surface area contributed by atoms with E-state index in [1.54, 1.807) is 0 Å². The highest BCUT2D eigenvalue weighted by Gasteiger charge is 1.18. The van der Waals surface area contributed by atoms with Crippen LogP contribution in [-0.4, -0.2) is 4.70 Å². The lowest BCUT2D eigenvalue weighted by Crippen LogP contribution is -1.12. The van der Waals surface area contributed by atoms with Gasteiger partial charge in [0, 0.05) is 4.70 Å². The summed E-state index contributed by atoms with van der Waals surface area (Å²) in [7, 11) is 0. The van der Waals surface area contributed by atoms with E-state index in [0.29, 0.717) is 0 Å². The summed E-state index contributed by atoms with van der Waals surface area (Å²) in [5.41, 5.74) is 0. The van der Waals surface area contributed by atoms with Gasteiger partial charge in [0.25, 0.3) is 0 Å². The molecule has 3 N–H and O–H groups in total. The van der Waals surface area contributed by atoms with Gasteiger partial charge in [0.2, 0.25) is 0 Å². The fourth-order valence-corrected chi connectivity index (χ4v) is 0. The Balaban J connectivity index is 0. The first-order valence-corrected chi connectivity index (χ1v) is 1.48. The van der Waals surface area contributed by atoms with Crippen LogP contribution < -0.4 is 6.15 Å². The van der Waals surface area contributed by atoms with Gasteiger partial charge in [-0.15, -0.1) is 12.6 Å². The molecule has 0 saturated heterocycles. The highest BCUT2D eigenvalue weighted by molar-refractivity contribution is 8.08. The number of thiocarbonyl (C=S) groups is 1. The van der Waals surface area contributed by atoms with Gasteiger partial charge in [-0.25, -0.2) is 0 Å². The molecule has 0 fully saturated rings. The molecule has 4 heavy (non-hydrogen) atoms. The zero-order valence-electron chi connectivity index (χ0n) is 2.14. The Labute approximate surface area is 36.4 Å². The van der Waals surface area contributed by atoms with Crippen LogP contribution in [0, 0.1) is 0 Å². The lowest BCUT2D eigenvalue weighted by molar-refractivity contribution is 2.13. The van der Waals surface area contributed by atoms with Crippen LogP contribution in [0.4, 0.5) is 0 Å². The summed E-state index contributed by atoms with van der Waals surface area (Å²) in [5, 5.41) is 0. The van der Waals surface area contributed by atoms with Gasteiger partial charge in [-0.3, -0.25) is 0 Å². The first-order valence-electron chi connectivity index (χ1n) is 0.494. The molecular formula is CH5NS2. The van der Waals surface area contributed by atoms with Crippen molar-refractivity contribution in [3.8, 4) is 0 Å². The van der Waals surface area contributed by atoms with Crippen LogP contribution in [0.1, 0.15) is 0 Å². The quantitative estimate of drug-likeness (QED) is 0.348. The minimum atomic E-state index is 0. The summed E-state index contributed by atoms with van der Waals surface area (Å²) < 4.78 is 1.28. The molecule has 0 bridgehead atoms. The molecule has 0 unspecified atom stereocenters. The van der Waals surface area contributed by atoms with E-state index in [0.717, 1.165) is 0 Å². The summed E-state index contributed by atoms with van der Waals surface area (Å²) in [6, 6.07) is 0. The topological polar surface area (TPSA) is 35.0 Å². The fourth-order valence-electron chi connectivity index (χ4n) is 0. The molecular weight excluding hydrogens is 90.2 g/mol. The van der Waals surface area contributed by atoms with Crippen molar-refractivity contribution in [1.29, 1.82) is 0 Å². The van der Waals surface area contributed by atoms with Gasteiger partial charge >= 0.3 is 0 Å². The second-order valence-corrected chi connectivity index (χ2v) is 0.949. The Kier molecular flexibility index (Phi) is 22.1. The first kappa shape index (κ1) is 8.83. The molecule has 0 aromatic heterocycles. The molecule has 0 radical (unpaired) electrons. The van der Waals surface area contributed by atoms with Gasteiger partial charge in [0.1, 0.15) is 0 Å². The van der Waals surface area contributed by atoms with Crippen molar-refractivity contribution in [2.24, 2.45) is 0 Å². The summed E-state index contributed by atoms with van der Waals surface area (Å²) in [4.78, 5) is 0. The van der Waals surface area contributed by atoms with Crippen molar-refractivity contribution < 1.29 is 0 Å². The Hall–Kier alpha value is 0.400. The minimum absolute atomic E-state index is 0. The van der Waals surface area contributed by atoms with Crippen LogP contribution >= 0.6 is 24.8 Å². The molecule has 26 valence electrons. The molecule has 0 spiro atoms. The van der Waals surface area contributed by atoms with Crippen molar-refractivity contribution in [1.82, 2.24) is 6.15 Å². The second-order valence-electron chi connectivity index (χ2n) is 0.105. The van der Waals surface area contributed by atoms with Gasteiger partial charge in [-0.2, -0.15) is 0 Å². The summed E-state index contributed by atoms with van der Waals surface area (Å²) in [5.74, 6) is 0. The van der Waals surface area contributed by atoms with E-state index >= 15 is 0 Å². The molecule has 0 aliphatic rings. The molecule has 0 rings (SSSR count). The van der Waals surface area contributed by atoms with Gasteiger partial charge < -0.3 is 6.15 Å². The average Bonchev–Trinajstić information content (AvgIpc) is 0.918. The van der Waals surface area contributed by atoms with Crippen LogP contribution in [0.3, 0.4) is 0 Å². The zero-order chi connectivity index (χ0) is 2.71. The Morgan fingerprint density at radius 2 is 1.75 bits per heavy atom. The lowest BCUT2D eigenvalue weighted by atomic mass is 11.9. The predicted octanol–water partition coefficient (Wildman–Crippen LogP) is 1.04. The fraction of sp³-hybridized carbons (Fsp3) is 0. The first-order chi connectivity index (χ1) is 1.41. The third kappa shape index (κ3) is 29.4. The predicted molar refractivity (Wildman–Crippen MR) is 27.7 cm³/mol. The number of thiol groups is 1. The molecule has 0 aliphatic heterocycles. The van der Waals surface area contributed by atoms with Gasteiger partial charge in [0.05, 0.1) is 0 Å². The Morgan fingerprint density at radius 3 is 1.75 bits per heavy atom. The molecule has 0 aromatic carbocycles. The van der Waals surface area contributed by atoms with Crippen LogP contribution in [0.5, 0.6) is 0 Å². The standard InChI is InChI=1S/CH2S2.H3N/c2-1-3;/h1H,(H,2,3);1H3. The maximum Gasteiger partial charge on any atom is 0.0310 e. The minimum Gasteiger partial charge on any atom is -0.344 e. The number of rotatable bonds is 0. The van der Waals surface area contributed by atoms with Crippen LogP contribution in [0.25, 0.3) is 0 Å². The zero-order valence-corrected chi connectivity index (χ0v) is 3.85. The SMILES string of the molecule is N.S=CS. The van der Waals surface area contributed by atoms with Gasteiger partial charge in [-0.05, 0) is 0 Å². The summed E-state index contributed by atoms with van der Waals surface area (Å²) in [6.07, 6.45) is 0. The van der Waals surface area contributed by atoms with E-state index in [-0.39, 0.29) is 6.15 Å². The highest BCUT2D eigenvalue weighted by atomic mass is 32.1.